The van der Waals surface area contributed by atoms with E-state index in [-0.39, 0.29) is 40.8 Å². The van der Waals surface area contributed by atoms with Gasteiger partial charge in [0.05, 0.1) is 21.8 Å². The summed E-state index contributed by atoms with van der Waals surface area (Å²) in [5.41, 5.74) is 1.42. The van der Waals surface area contributed by atoms with E-state index in [4.69, 9.17) is 17.0 Å². The van der Waals surface area contributed by atoms with Gasteiger partial charge < -0.3 is 9.80 Å². The Kier molecular flexibility index (Phi) is 6.64. The second-order valence-electron chi connectivity index (χ2n) is 7.97. The Morgan fingerprint density at radius 1 is 1.41 bits per heavy atom. The number of hydrogen-bond donors (Lipinski definition) is 3. The van der Waals surface area contributed by atoms with E-state index in [1.165, 1.54) is 15.9 Å². The van der Waals surface area contributed by atoms with E-state index < -0.39 is 29.9 Å². The highest BCUT2D eigenvalue weighted by Crippen LogP contribution is 2.42. The molecule has 0 spiro atoms. The maximum atomic E-state index is 15.6. The van der Waals surface area contributed by atoms with Crippen molar-refractivity contribution in [2.45, 2.75) is 19.4 Å². The number of carbonyl (C=O) groups is 1. The first kappa shape index (κ1) is 24.2. The molecule has 2 aliphatic rings. The quantitative estimate of drug-likeness (QED) is 0.410. The minimum absolute atomic E-state index is 0.00778. The van der Waals surface area contributed by atoms with Gasteiger partial charge in [-0.05, 0) is 30.7 Å². The number of halogens is 4. The zero-order valence-electron chi connectivity index (χ0n) is 18.1. The first-order valence-electron chi connectivity index (χ1n) is 10.3. The number of aryl methyl sites for hydroxylation is 1. The molecular weight excluding hydrogens is 487 g/mol. The van der Waals surface area contributed by atoms with Crippen molar-refractivity contribution < 1.29 is 18.0 Å². The summed E-state index contributed by atoms with van der Waals surface area (Å²) in [6.45, 7) is 5.12. The fourth-order valence-electron chi connectivity index (χ4n) is 4.26. The Labute approximate surface area is 204 Å². The number of benzene rings is 1. The van der Waals surface area contributed by atoms with Crippen molar-refractivity contribution in [1.82, 2.24) is 20.0 Å². The van der Waals surface area contributed by atoms with E-state index in [0.717, 1.165) is 11.6 Å². The maximum absolute atomic E-state index is 15.6. The monoisotopic (exact) mass is 507 g/mol. The van der Waals surface area contributed by atoms with Gasteiger partial charge in [-0.1, -0.05) is 24.2 Å². The largest absolute Gasteiger partial charge is 0.354 e. The van der Waals surface area contributed by atoms with Crippen molar-refractivity contribution >= 4 is 52.3 Å². The smallest absolute Gasteiger partial charge is 0.260 e. The molecule has 0 saturated carbocycles. The van der Waals surface area contributed by atoms with Gasteiger partial charge in [0.25, 0.3) is 6.43 Å². The van der Waals surface area contributed by atoms with Gasteiger partial charge in [0.15, 0.2) is 5.83 Å². The fraction of sp³-hybridized carbons (Fsp3) is 0.261. The van der Waals surface area contributed by atoms with Crippen LogP contribution in [0.25, 0.3) is 16.5 Å². The molecule has 1 amide bonds. The lowest BCUT2D eigenvalue weighted by Crippen LogP contribution is -2.56. The molecule has 6 nitrogen and oxygen atoms in total. The number of amides is 1. The van der Waals surface area contributed by atoms with E-state index in [9.17, 15) is 13.6 Å². The van der Waals surface area contributed by atoms with Crippen molar-refractivity contribution in [3.8, 4) is 0 Å². The average Bonchev–Trinajstić information content (AvgIpc) is 3.30. The van der Waals surface area contributed by atoms with E-state index in [0.29, 0.717) is 16.5 Å². The second-order valence-corrected chi connectivity index (χ2v) is 8.80. The van der Waals surface area contributed by atoms with Crippen molar-refractivity contribution in [3.05, 3.63) is 69.6 Å². The highest BCUT2D eigenvalue weighted by Gasteiger charge is 2.37. The molecule has 4 rings (SSSR count). The molecule has 1 aromatic heterocycles. The molecule has 1 fully saturated rings. The van der Waals surface area contributed by atoms with Gasteiger partial charge >= 0.3 is 0 Å². The maximum Gasteiger partial charge on any atom is 0.260 e. The topological polar surface area (TPSA) is 76.1 Å². The molecule has 2 heterocycles. The highest BCUT2D eigenvalue weighted by atomic mass is 35.5. The number of allylic oxidation sites excluding steroid dienone is 5. The van der Waals surface area contributed by atoms with Crippen LogP contribution in [0.5, 0.6) is 0 Å². The number of rotatable bonds is 4. The predicted octanol–water partition coefficient (Wildman–Crippen LogP) is 4.81. The molecule has 0 radical (unpaired) electrons. The number of hydrogen-bond acceptors (Lipinski definition) is 5. The molecule has 178 valence electrons. The van der Waals surface area contributed by atoms with E-state index >= 15 is 4.39 Å². The zero-order chi connectivity index (χ0) is 24.7. The second kappa shape index (κ2) is 9.34. The number of carbonyl (C=O) groups excluding carboxylic acids is 1. The third-order valence-electron chi connectivity index (χ3n) is 6.01. The Morgan fingerprint density at radius 2 is 2.15 bits per heavy atom. The standard InChI is InChI=1S/C23H21ClF3N5OS/c1-3-17(33)31-6-7-32(16(10-31)22(26)27)23(34)12-8-14(24)19(20(25)21(12)28)18-11(2)4-5-15-13(18)9-29-30-15/h3-5,8-9,16,22,28,34H,1,6-7,10H2,2H3,(H,29,30)/b23-12-,28-21?/t16-/m1/s1. The molecule has 2 N–H and O–H groups in total. The molecule has 1 aromatic carbocycles. The Morgan fingerprint density at radius 3 is 2.82 bits per heavy atom. The molecule has 1 saturated heterocycles. The van der Waals surface area contributed by atoms with Gasteiger partial charge in [-0.2, -0.15) is 5.10 Å². The molecule has 2 aromatic rings. The summed E-state index contributed by atoms with van der Waals surface area (Å²) in [4.78, 5) is 14.5. The summed E-state index contributed by atoms with van der Waals surface area (Å²) in [5, 5.41) is 15.9. The Balaban J connectivity index is 1.75. The van der Waals surface area contributed by atoms with Crippen LogP contribution < -0.4 is 0 Å². The van der Waals surface area contributed by atoms with Crippen molar-refractivity contribution in [1.29, 1.82) is 5.41 Å². The van der Waals surface area contributed by atoms with Gasteiger partial charge in [-0.25, -0.2) is 13.2 Å². The van der Waals surface area contributed by atoms with Gasteiger partial charge in [0, 0.05) is 41.7 Å². The van der Waals surface area contributed by atoms with Crippen molar-refractivity contribution in [3.63, 3.8) is 0 Å². The van der Waals surface area contributed by atoms with Gasteiger partial charge in [-0.3, -0.25) is 15.3 Å². The minimum atomic E-state index is -2.81. The lowest BCUT2D eigenvalue weighted by Gasteiger charge is -2.42. The normalized spacial score (nSPS) is 20.9. The Bertz CT molecular complexity index is 1300. The first-order valence-corrected chi connectivity index (χ1v) is 11.2. The van der Waals surface area contributed by atoms with E-state index in [1.54, 1.807) is 19.2 Å². The number of thiol groups is 1. The van der Waals surface area contributed by atoms with Gasteiger partial charge in [0.2, 0.25) is 5.91 Å². The van der Waals surface area contributed by atoms with Gasteiger partial charge in [-0.15, -0.1) is 12.6 Å². The lowest BCUT2D eigenvalue weighted by molar-refractivity contribution is -0.130. The van der Waals surface area contributed by atoms with E-state index in [2.05, 4.69) is 29.4 Å². The van der Waals surface area contributed by atoms with E-state index in [1.807, 2.05) is 6.07 Å². The molecule has 1 aliphatic carbocycles. The SMILES string of the molecule is C=CC(=O)N1CCN(/C(S)=C2\C=C(Cl)C(c3c(C)ccc4[nH]ncc34)=C(F)C2=N)[C@@H](C(F)F)C1. The number of piperazine rings is 1. The van der Waals surface area contributed by atoms with Crippen LogP contribution in [0.15, 0.2) is 58.5 Å². The third-order valence-corrected chi connectivity index (χ3v) is 6.81. The van der Waals surface area contributed by atoms with Crippen LogP contribution in [0.3, 0.4) is 0 Å². The van der Waals surface area contributed by atoms with Crippen LogP contribution in [-0.4, -0.2) is 63.7 Å². The first-order chi connectivity index (χ1) is 16.1. The molecule has 11 heteroatoms. The van der Waals surface area contributed by atoms with Crippen LogP contribution in [-0.2, 0) is 4.79 Å². The van der Waals surface area contributed by atoms with Crippen LogP contribution >= 0.6 is 24.2 Å². The number of alkyl halides is 2. The van der Waals surface area contributed by atoms with Crippen molar-refractivity contribution in [2.24, 2.45) is 0 Å². The summed E-state index contributed by atoms with van der Waals surface area (Å²) >= 11 is 10.9. The van der Waals surface area contributed by atoms with Crippen LogP contribution in [0, 0.1) is 12.3 Å². The number of fused-ring (bicyclic) bond motifs is 1. The lowest BCUT2D eigenvalue weighted by atomic mass is 9.90. The minimum Gasteiger partial charge on any atom is -0.354 e. The molecule has 0 bridgehead atoms. The summed E-state index contributed by atoms with van der Waals surface area (Å²) in [5.74, 6) is -1.34. The molecule has 1 atom stereocenters. The number of nitrogens with one attached hydrogen (secondary N) is 2. The van der Waals surface area contributed by atoms with Crippen LogP contribution in [0.4, 0.5) is 13.2 Å². The summed E-state index contributed by atoms with van der Waals surface area (Å²) in [7, 11) is 0. The number of aromatic amines is 1. The molecule has 0 unspecified atom stereocenters. The summed E-state index contributed by atoms with van der Waals surface area (Å²) in [6, 6.07) is 2.22. The highest BCUT2D eigenvalue weighted by molar-refractivity contribution is 7.84. The number of H-pyrrole nitrogens is 1. The molecule has 34 heavy (non-hydrogen) atoms. The Hall–Kier alpha value is -2.98. The zero-order valence-corrected chi connectivity index (χ0v) is 19.7. The predicted molar refractivity (Wildman–Crippen MR) is 130 cm³/mol. The molecule has 1 aliphatic heterocycles. The average molecular weight is 508 g/mol. The number of aromatic nitrogens is 2. The van der Waals surface area contributed by atoms with Crippen molar-refractivity contribution in [2.75, 3.05) is 19.6 Å². The summed E-state index contributed by atoms with van der Waals surface area (Å²) in [6.07, 6.45) is 1.19. The summed E-state index contributed by atoms with van der Waals surface area (Å²) < 4.78 is 43.4. The van der Waals surface area contributed by atoms with Crippen LogP contribution in [0.2, 0.25) is 0 Å². The third kappa shape index (κ3) is 4.05. The van der Waals surface area contributed by atoms with Gasteiger partial charge in [0.1, 0.15) is 11.8 Å². The molecular formula is C23H21ClF3N5OS. The number of nitrogens with zero attached hydrogens (tertiary/aromatic N) is 3. The van der Waals surface area contributed by atoms with Crippen LogP contribution in [0.1, 0.15) is 11.1 Å². The fourth-order valence-corrected chi connectivity index (χ4v) is 4.97.